The lowest BCUT2D eigenvalue weighted by atomic mass is 9.76. The Morgan fingerprint density at radius 2 is 1.75 bits per heavy atom. The summed E-state index contributed by atoms with van der Waals surface area (Å²) in [6.07, 6.45) is 4.06. The molecule has 3 rings (SSSR count). The van der Waals surface area contributed by atoms with E-state index in [-0.39, 0.29) is 6.04 Å². The van der Waals surface area contributed by atoms with Gasteiger partial charge >= 0.3 is 0 Å². The van der Waals surface area contributed by atoms with Crippen molar-refractivity contribution >= 4 is 15.9 Å². The van der Waals surface area contributed by atoms with Crippen molar-refractivity contribution in [3.63, 3.8) is 0 Å². The van der Waals surface area contributed by atoms with Crippen LogP contribution in [0.5, 0.6) is 0 Å². The Labute approximate surface area is 129 Å². The quantitative estimate of drug-likeness (QED) is 0.829. The molecule has 1 fully saturated rings. The molecule has 1 unspecified atom stereocenters. The Bertz CT molecular complexity index is 572. The van der Waals surface area contributed by atoms with Gasteiger partial charge in [0.05, 0.1) is 6.04 Å². The third-order valence-electron chi connectivity index (χ3n) is 4.34. The number of hydrogen-bond acceptors (Lipinski definition) is 1. The second-order valence-electron chi connectivity index (χ2n) is 5.53. The first-order valence-electron chi connectivity index (χ1n) is 7.31. The lowest BCUT2D eigenvalue weighted by Gasteiger charge is -2.30. The Balaban J connectivity index is 1.98. The molecule has 0 aliphatic heterocycles. The summed E-state index contributed by atoms with van der Waals surface area (Å²) in [4.78, 5) is 0. The summed E-state index contributed by atoms with van der Waals surface area (Å²) in [6.45, 7) is 0. The Morgan fingerprint density at radius 3 is 2.35 bits per heavy atom. The van der Waals surface area contributed by atoms with E-state index in [0.717, 1.165) is 10.4 Å². The molecule has 0 amide bonds. The van der Waals surface area contributed by atoms with Gasteiger partial charge in [0, 0.05) is 4.47 Å². The van der Waals surface area contributed by atoms with Gasteiger partial charge in [0.2, 0.25) is 0 Å². The van der Waals surface area contributed by atoms with E-state index in [2.05, 4.69) is 69.8 Å². The standard InChI is InChI=1S/C18H20BrN/c1-20-18(14-9-11-15(19)12-10-14)17-8-3-2-7-16(17)13-5-4-6-13/h2-3,7-13,18,20H,4-6H2,1H3. The molecule has 2 aromatic rings. The monoisotopic (exact) mass is 329 g/mol. The van der Waals surface area contributed by atoms with Crippen LogP contribution in [0.15, 0.2) is 53.0 Å². The van der Waals surface area contributed by atoms with Crippen LogP contribution in [0.25, 0.3) is 0 Å². The minimum Gasteiger partial charge on any atom is -0.309 e. The molecule has 0 radical (unpaired) electrons. The molecule has 0 spiro atoms. The van der Waals surface area contributed by atoms with Crippen molar-refractivity contribution in [2.24, 2.45) is 0 Å². The minimum atomic E-state index is 0.278. The fourth-order valence-electron chi connectivity index (χ4n) is 3.02. The van der Waals surface area contributed by atoms with Gasteiger partial charge in [-0.15, -0.1) is 0 Å². The fraction of sp³-hybridized carbons (Fsp3) is 0.333. The Kier molecular flexibility index (Phi) is 4.23. The largest absolute Gasteiger partial charge is 0.309 e. The van der Waals surface area contributed by atoms with E-state index in [0.29, 0.717) is 0 Å². The molecular formula is C18H20BrN. The molecule has 0 bridgehead atoms. The summed E-state index contributed by atoms with van der Waals surface area (Å²) < 4.78 is 1.13. The SMILES string of the molecule is CNC(c1ccc(Br)cc1)c1ccccc1C1CCC1. The summed E-state index contributed by atoms with van der Waals surface area (Å²) in [6, 6.07) is 17.8. The average molecular weight is 330 g/mol. The number of benzene rings is 2. The molecule has 20 heavy (non-hydrogen) atoms. The van der Waals surface area contributed by atoms with E-state index in [1.165, 1.54) is 36.0 Å². The van der Waals surface area contributed by atoms with E-state index in [1.807, 2.05) is 7.05 Å². The first-order chi connectivity index (χ1) is 9.79. The van der Waals surface area contributed by atoms with Crippen molar-refractivity contribution in [3.8, 4) is 0 Å². The normalized spacial score (nSPS) is 16.7. The van der Waals surface area contributed by atoms with Crippen LogP contribution in [0.4, 0.5) is 0 Å². The molecule has 1 nitrogen and oxygen atoms in total. The Hall–Kier alpha value is -1.12. The van der Waals surface area contributed by atoms with Crippen LogP contribution in [0.3, 0.4) is 0 Å². The van der Waals surface area contributed by atoms with Gasteiger partial charge in [0.15, 0.2) is 0 Å². The van der Waals surface area contributed by atoms with E-state index in [9.17, 15) is 0 Å². The lowest BCUT2D eigenvalue weighted by Crippen LogP contribution is -2.21. The molecule has 1 aliphatic rings. The van der Waals surface area contributed by atoms with E-state index < -0.39 is 0 Å². The van der Waals surface area contributed by atoms with Crippen molar-refractivity contribution in [1.29, 1.82) is 0 Å². The zero-order valence-corrected chi connectivity index (χ0v) is 13.4. The van der Waals surface area contributed by atoms with Crippen molar-refractivity contribution in [2.45, 2.75) is 31.2 Å². The molecule has 1 atom stereocenters. The molecule has 0 saturated heterocycles. The highest BCUT2D eigenvalue weighted by Crippen LogP contribution is 2.40. The van der Waals surface area contributed by atoms with Crippen LogP contribution in [-0.2, 0) is 0 Å². The van der Waals surface area contributed by atoms with Gasteiger partial charge in [0.25, 0.3) is 0 Å². The number of nitrogens with one attached hydrogen (secondary N) is 1. The van der Waals surface area contributed by atoms with Crippen LogP contribution in [0, 0.1) is 0 Å². The summed E-state index contributed by atoms with van der Waals surface area (Å²) in [7, 11) is 2.05. The lowest BCUT2D eigenvalue weighted by molar-refractivity contribution is 0.415. The molecular weight excluding hydrogens is 310 g/mol. The van der Waals surface area contributed by atoms with E-state index in [4.69, 9.17) is 0 Å². The molecule has 0 heterocycles. The maximum Gasteiger partial charge on any atom is 0.0577 e. The number of hydrogen-bond donors (Lipinski definition) is 1. The molecule has 1 N–H and O–H groups in total. The number of rotatable bonds is 4. The molecule has 104 valence electrons. The van der Waals surface area contributed by atoms with Crippen LogP contribution >= 0.6 is 15.9 Å². The van der Waals surface area contributed by atoms with E-state index >= 15 is 0 Å². The predicted octanol–water partition coefficient (Wildman–Crippen LogP) is 5.03. The summed E-state index contributed by atoms with van der Waals surface area (Å²) in [5.41, 5.74) is 4.28. The van der Waals surface area contributed by atoms with Gasteiger partial charge in [-0.25, -0.2) is 0 Å². The smallest absolute Gasteiger partial charge is 0.0577 e. The van der Waals surface area contributed by atoms with Crippen LogP contribution in [0.1, 0.15) is 47.9 Å². The summed E-state index contributed by atoms with van der Waals surface area (Å²) >= 11 is 3.51. The van der Waals surface area contributed by atoms with Crippen LogP contribution < -0.4 is 5.32 Å². The molecule has 1 aliphatic carbocycles. The fourth-order valence-corrected chi connectivity index (χ4v) is 3.29. The molecule has 2 aromatic carbocycles. The predicted molar refractivity (Wildman–Crippen MR) is 88.1 cm³/mol. The van der Waals surface area contributed by atoms with Gasteiger partial charge < -0.3 is 5.32 Å². The third kappa shape index (κ3) is 2.68. The van der Waals surface area contributed by atoms with Crippen molar-refractivity contribution < 1.29 is 0 Å². The highest BCUT2D eigenvalue weighted by atomic mass is 79.9. The second-order valence-corrected chi connectivity index (χ2v) is 6.45. The topological polar surface area (TPSA) is 12.0 Å². The van der Waals surface area contributed by atoms with Crippen molar-refractivity contribution in [2.75, 3.05) is 7.05 Å². The maximum absolute atomic E-state index is 3.51. The minimum absolute atomic E-state index is 0.278. The zero-order chi connectivity index (χ0) is 13.9. The first kappa shape index (κ1) is 13.8. The molecule has 0 aromatic heterocycles. The van der Waals surface area contributed by atoms with Gasteiger partial charge in [-0.2, -0.15) is 0 Å². The highest BCUT2D eigenvalue weighted by molar-refractivity contribution is 9.10. The first-order valence-corrected chi connectivity index (χ1v) is 8.10. The molecule has 1 saturated carbocycles. The highest BCUT2D eigenvalue weighted by Gasteiger charge is 2.24. The van der Waals surface area contributed by atoms with Gasteiger partial charge in [-0.1, -0.05) is 58.7 Å². The van der Waals surface area contributed by atoms with Gasteiger partial charge in [-0.05, 0) is 54.6 Å². The van der Waals surface area contributed by atoms with Crippen molar-refractivity contribution in [3.05, 3.63) is 69.7 Å². The van der Waals surface area contributed by atoms with Gasteiger partial charge in [-0.3, -0.25) is 0 Å². The maximum atomic E-state index is 3.51. The van der Waals surface area contributed by atoms with Crippen LogP contribution in [0.2, 0.25) is 0 Å². The molecule has 2 heteroatoms. The summed E-state index contributed by atoms with van der Waals surface area (Å²) in [5, 5.41) is 3.48. The Morgan fingerprint density at radius 1 is 1.05 bits per heavy atom. The number of halogens is 1. The third-order valence-corrected chi connectivity index (χ3v) is 4.87. The van der Waals surface area contributed by atoms with Crippen LogP contribution in [-0.4, -0.2) is 7.05 Å². The zero-order valence-electron chi connectivity index (χ0n) is 11.8. The van der Waals surface area contributed by atoms with Gasteiger partial charge in [0.1, 0.15) is 0 Å². The summed E-state index contributed by atoms with van der Waals surface area (Å²) in [5.74, 6) is 0.762. The van der Waals surface area contributed by atoms with Crippen molar-refractivity contribution in [1.82, 2.24) is 5.32 Å². The average Bonchev–Trinajstić information content (AvgIpc) is 2.41. The van der Waals surface area contributed by atoms with E-state index in [1.54, 1.807) is 0 Å². The second kappa shape index (κ2) is 6.11.